The molecule has 0 saturated carbocycles. The first-order valence-corrected chi connectivity index (χ1v) is 9.80. The maximum absolute atomic E-state index is 12.7. The molecule has 0 fully saturated rings. The van der Waals surface area contributed by atoms with Crippen LogP contribution in [-0.4, -0.2) is 44.9 Å². The van der Waals surface area contributed by atoms with E-state index in [4.69, 9.17) is 4.74 Å². The summed E-state index contributed by atoms with van der Waals surface area (Å²) >= 11 is 0. The van der Waals surface area contributed by atoms with Crippen LogP contribution in [0.3, 0.4) is 0 Å². The second-order valence-corrected chi connectivity index (χ2v) is 8.83. The summed E-state index contributed by atoms with van der Waals surface area (Å²) in [7, 11) is -2.47. The largest absolute Gasteiger partial charge is 0.468 e. The molecule has 0 unspecified atom stereocenters. The number of hydrogen-bond donors (Lipinski definition) is 1. The standard InChI is InChI=1S/C16H34N2O4S/c1-12(2)8-10-18(11-9-13(3)4)23(20,21)17-15(14(5)6)16(19)22-7/h12-15,17H,8-11H2,1-7H3/t15-/m0/s1. The first-order valence-electron chi connectivity index (χ1n) is 8.36. The molecule has 0 aromatic rings. The summed E-state index contributed by atoms with van der Waals surface area (Å²) in [5, 5.41) is 0. The predicted octanol–water partition coefficient (Wildman–Crippen LogP) is 2.41. The van der Waals surface area contributed by atoms with Crippen molar-refractivity contribution in [1.82, 2.24) is 9.03 Å². The van der Waals surface area contributed by atoms with Gasteiger partial charge in [-0.05, 0) is 30.6 Å². The van der Waals surface area contributed by atoms with Gasteiger partial charge in [0.25, 0.3) is 10.2 Å². The number of rotatable bonds is 11. The molecular weight excluding hydrogens is 316 g/mol. The van der Waals surface area contributed by atoms with Gasteiger partial charge < -0.3 is 4.74 Å². The Morgan fingerprint density at radius 3 is 1.74 bits per heavy atom. The van der Waals surface area contributed by atoms with Crippen molar-refractivity contribution >= 4 is 16.2 Å². The van der Waals surface area contributed by atoms with Crippen LogP contribution in [0.15, 0.2) is 0 Å². The van der Waals surface area contributed by atoms with E-state index in [0.717, 1.165) is 12.8 Å². The zero-order valence-electron chi connectivity index (χ0n) is 15.6. The SMILES string of the molecule is COC(=O)[C@@H](NS(=O)(=O)N(CCC(C)C)CCC(C)C)C(C)C. The van der Waals surface area contributed by atoms with Gasteiger partial charge in [0.1, 0.15) is 6.04 Å². The molecule has 0 spiro atoms. The third kappa shape index (κ3) is 8.67. The maximum Gasteiger partial charge on any atom is 0.324 e. The maximum atomic E-state index is 12.7. The summed E-state index contributed by atoms with van der Waals surface area (Å²) in [4.78, 5) is 11.8. The van der Waals surface area contributed by atoms with Crippen LogP contribution in [-0.2, 0) is 19.7 Å². The normalized spacial score (nSPS) is 14.0. The Bertz CT molecular complexity index is 435. The summed E-state index contributed by atoms with van der Waals surface area (Å²) in [6.07, 6.45) is 1.56. The topological polar surface area (TPSA) is 75.7 Å². The van der Waals surface area contributed by atoms with Crippen LogP contribution >= 0.6 is 0 Å². The van der Waals surface area contributed by atoms with E-state index in [0.29, 0.717) is 24.9 Å². The fourth-order valence-electron chi connectivity index (χ4n) is 1.97. The highest BCUT2D eigenvalue weighted by Crippen LogP contribution is 2.12. The molecule has 0 aromatic heterocycles. The number of nitrogens with one attached hydrogen (secondary N) is 1. The van der Waals surface area contributed by atoms with E-state index < -0.39 is 22.2 Å². The number of ether oxygens (including phenoxy) is 1. The van der Waals surface area contributed by atoms with Gasteiger partial charge in [-0.2, -0.15) is 17.4 Å². The van der Waals surface area contributed by atoms with E-state index in [2.05, 4.69) is 32.4 Å². The van der Waals surface area contributed by atoms with Crippen LogP contribution in [0.25, 0.3) is 0 Å². The molecule has 0 heterocycles. The second-order valence-electron chi connectivity index (χ2n) is 7.13. The van der Waals surface area contributed by atoms with Crippen molar-refractivity contribution in [2.45, 2.75) is 60.4 Å². The molecule has 7 heteroatoms. The van der Waals surface area contributed by atoms with Crippen molar-refractivity contribution in [3.63, 3.8) is 0 Å². The van der Waals surface area contributed by atoms with Gasteiger partial charge in [0.05, 0.1) is 7.11 Å². The van der Waals surface area contributed by atoms with Crippen molar-refractivity contribution in [2.75, 3.05) is 20.2 Å². The number of carbonyl (C=O) groups is 1. The Morgan fingerprint density at radius 1 is 1.00 bits per heavy atom. The monoisotopic (exact) mass is 350 g/mol. The molecule has 0 aliphatic rings. The number of hydrogen-bond acceptors (Lipinski definition) is 4. The van der Waals surface area contributed by atoms with Gasteiger partial charge in [-0.1, -0.05) is 41.5 Å². The molecule has 23 heavy (non-hydrogen) atoms. The highest BCUT2D eigenvalue weighted by Gasteiger charge is 2.31. The summed E-state index contributed by atoms with van der Waals surface area (Å²) in [6.45, 7) is 12.7. The Morgan fingerprint density at radius 2 is 1.43 bits per heavy atom. The first kappa shape index (κ1) is 22.3. The van der Waals surface area contributed by atoms with Crippen LogP contribution in [0.4, 0.5) is 0 Å². The van der Waals surface area contributed by atoms with Gasteiger partial charge >= 0.3 is 5.97 Å². The molecule has 0 aromatic carbocycles. The summed E-state index contributed by atoms with van der Waals surface area (Å²) in [5.74, 6) is 0.0759. The van der Waals surface area contributed by atoms with Crippen molar-refractivity contribution in [1.29, 1.82) is 0 Å². The Kier molecular flexibility index (Phi) is 9.96. The van der Waals surface area contributed by atoms with E-state index in [-0.39, 0.29) is 5.92 Å². The van der Waals surface area contributed by atoms with Crippen LogP contribution in [0.1, 0.15) is 54.4 Å². The lowest BCUT2D eigenvalue weighted by Gasteiger charge is -2.27. The Hall–Kier alpha value is -0.660. The molecule has 0 bridgehead atoms. The van der Waals surface area contributed by atoms with Crippen molar-refractivity contribution in [3.05, 3.63) is 0 Å². The molecule has 1 N–H and O–H groups in total. The molecule has 6 nitrogen and oxygen atoms in total. The van der Waals surface area contributed by atoms with Gasteiger partial charge in [0.2, 0.25) is 0 Å². The lowest BCUT2D eigenvalue weighted by atomic mass is 10.1. The average Bonchev–Trinajstić information content (AvgIpc) is 2.42. The van der Waals surface area contributed by atoms with E-state index >= 15 is 0 Å². The quantitative estimate of drug-likeness (QED) is 0.581. The van der Waals surface area contributed by atoms with Crippen LogP contribution in [0.5, 0.6) is 0 Å². The highest BCUT2D eigenvalue weighted by atomic mass is 32.2. The lowest BCUT2D eigenvalue weighted by Crippen LogP contribution is -2.51. The average molecular weight is 351 g/mol. The third-order valence-electron chi connectivity index (χ3n) is 3.65. The van der Waals surface area contributed by atoms with Gasteiger partial charge in [-0.15, -0.1) is 0 Å². The van der Waals surface area contributed by atoms with Gasteiger partial charge in [-0.25, -0.2) is 0 Å². The molecule has 0 rings (SSSR count). The lowest BCUT2D eigenvalue weighted by molar-refractivity contribution is -0.143. The van der Waals surface area contributed by atoms with Gasteiger partial charge in [0.15, 0.2) is 0 Å². The number of methoxy groups -OCH3 is 1. The zero-order valence-corrected chi connectivity index (χ0v) is 16.4. The van der Waals surface area contributed by atoms with Crippen molar-refractivity contribution < 1.29 is 17.9 Å². The Balaban J connectivity index is 5.16. The third-order valence-corrected chi connectivity index (χ3v) is 5.25. The minimum absolute atomic E-state index is 0.186. The molecule has 0 amide bonds. The van der Waals surface area contributed by atoms with Crippen LogP contribution in [0, 0.1) is 17.8 Å². The van der Waals surface area contributed by atoms with Crippen LogP contribution < -0.4 is 4.72 Å². The first-order chi connectivity index (χ1) is 10.5. The van der Waals surface area contributed by atoms with E-state index in [9.17, 15) is 13.2 Å². The molecule has 0 saturated heterocycles. The van der Waals surface area contributed by atoms with Crippen LogP contribution in [0.2, 0.25) is 0 Å². The fourth-order valence-corrected chi connectivity index (χ4v) is 3.50. The van der Waals surface area contributed by atoms with Crippen molar-refractivity contribution in [3.8, 4) is 0 Å². The minimum Gasteiger partial charge on any atom is -0.468 e. The molecule has 0 radical (unpaired) electrons. The smallest absolute Gasteiger partial charge is 0.324 e. The predicted molar refractivity (Wildman–Crippen MR) is 93.2 cm³/mol. The van der Waals surface area contributed by atoms with Gasteiger partial charge in [0, 0.05) is 13.1 Å². The van der Waals surface area contributed by atoms with E-state index in [1.165, 1.54) is 11.4 Å². The van der Waals surface area contributed by atoms with Crippen molar-refractivity contribution in [2.24, 2.45) is 17.8 Å². The van der Waals surface area contributed by atoms with Gasteiger partial charge in [-0.3, -0.25) is 4.79 Å². The molecular formula is C16H34N2O4S. The molecule has 0 aliphatic carbocycles. The summed E-state index contributed by atoms with van der Waals surface area (Å²) in [6, 6.07) is -0.870. The fraction of sp³-hybridized carbons (Fsp3) is 0.938. The number of esters is 1. The minimum atomic E-state index is -3.73. The molecule has 1 atom stereocenters. The number of carbonyl (C=O) groups excluding carboxylic acids is 1. The number of nitrogens with zero attached hydrogens (tertiary/aromatic N) is 1. The van der Waals surface area contributed by atoms with E-state index in [1.54, 1.807) is 13.8 Å². The molecule has 0 aliphatic heterocycles. The summed E-state index contributed by atoms with van der Waals surface area (Å²) in [5.41, 5.74) is 0. The second kappa shape index (κ2) is 10.3. The summed E-state index contributed by atoms with van der Waals surface area (Å²) < 4.78 is 34.1. The molecule has 138 valence electrons. The zero-order chi connectivity index (χ0) is 18.2. The highest BCUT2D eigenvalue weighted by molar-refractivity contribution is 7.87. The van der Waals surface area contributed by atoms with E-state index in [1.807, 2.05) is 0 Å². The Labute approximate surface area is 142 Å².